The van der Waals surface area contributed by atoms with Crippen molar-refractivity contribution in [1.29, 1.82) is 0 Å². The van der Waals surface area contributed by atoms with Gasteiger partial charge in [0.05, 0.1) is 11.3 Å². The van der Waals surface area contributed by atoms with Gasteiger partial charge in [-0.05, 0) is 6.07 Å². The SMILES string of the molecule is NNC(=O)CN1C(=O)C(=O)c2cc(F)c(F)cc21. The summed E-state index contributed by atoms with van der Waals surface area (Å²) in [6.07, 6.45) is 0. The largest absolute Gasteiger partial charge is 0.299 e. The molecule has 1 aliphatic rings. The van der Waals surface area contributed by atoms with E-state index in [0.29, 0.717) is 12.1 Å². The van der Waals surface area contributed by atoms with E-state index in [0.717, 1.165) is 4.90 Å². The lowest BCUT2D eigenvalue weighted by atomic mass is 10.1. The van der Waals surface area contributed by atoms with E-state index in [4.69, 9.17) is 5.84 Å². The Morgan fingerprint density at radius 3 is 2.50 bits per heavy atom. The van der Waals surface area contributed by atoms with Gasteiger partial charge in [0.15, 0.2) is 11.6 Å². The number of carbonyl (C=O) groups is 3. The number of hydrazine groups is 1. The molecule has 1 heterocycles. The van der Waals surface area contributed by atoms with Crippen molar-refractivity contribution in [1.82, 2.24) is 5.43 Å². The van der Waals surface area contributed by atoms with Gasteiger partial charge in [-0.2, -0.15) is 0 Å². The number of nitrogens with one attached hydrogen (secondary N) is 1. The molecule has 0 bridgehead atoms. The molecule has 0 unspecified atom stereocenters. The lowest BCUT2D eigenvalue weighted by Gasteiger charge is -2.14. The van der Waals surface area contributed by atoms with Gasteiger partial charge in [-0.3, -0.25) is 24.7 Å². The molecule has 2 rings (SSSR count). The fraction of sp³-hybridized carbons (Fsp3) is 0.100. The second-order valence-electron chi connectivity index (χ2n) is 3.57. The summed E-state index contributed by atoms with van der Waals surface area (Å²) in [5, 5.41) is 0. The van der Waals surface area contributed by atoms with Crippen molar-refractivity contribution < 1.29 is 23.2 Å². The monoisotopic (exact) mass is 255 g/mol. The normalized spacial score (nSPS) is 13.8. The van der Waals surface area contributed by atoms with Crippen LogP contribution in [0.1, 0.15) is 10.4 Å². The third-order valence-corrected chi connectivity index (χ3v) is 2.48. The molecule has 8 heteroatoms. The average molecular weight is 255 g/mol. The van der Waals surface area contributed by atoms with Crippen LogP contribution in [-0.2, 0) is 9.59 Å². The van der Waals surface area contributed by atoms with E-state index in [2.05, 4.69) is 0 Å². The lowest BCUT2D eigenvalue weighted by Crippen LogP contribution is -2.42. The minimum Gasteiger partial charge on any atom is -0.295 e. The lowest BCUT2D eigenvalue weighted by molar-refractivity contribution is -0.122. The molecular weight excluding hydrogens is 248 g/mol. The first-order valence-corrected chi connectivity index (χ1v) is 4.80. The van der Waals surface area contributed by atoms with E-state index >= 15 is 0 Å². The number of carbonyl (C=O) groups excluding carboxylic acids is 3. The van der Waals surface area contributed by atoms with Crippen LogP contribution in [0, 0.1) is 11.6 Å². The summed E-state index contributed by atoms with van der Waals surface area (Å²) >= 11 is 0. The molecule has 0 atom stereocenters. The predicted molar refractivity (Wildman–Crippen MR) is 55.4 cm³/mol. The maximum Gasteiger partial charge on any atom is 0.299 e. The van der Waals surface area contributed by atoms with Crippen molar-refractivity contribution in [2.45, 2.75) is 0 Å². The van der Waals surface area contributed by atoms with Crippen LogP contribution < -0.4 is 16.2 Å². The van der Waals surface area contributed by atoms with Gasteiger partial charge < -0.3 is 0 Å². The number of rotatable bonds is 2. The van der Waals surface area contributed by atoms with Crippen LogP contribution in [0.5, 0.6) is 0 Å². The number of nitrogens with two attached hydrogens (primary N) is 1. The molecule has 94 valence electrons. The Morgan fingerprint density at radius 1 is 1.28 bits per heavy atom. The zero-order valence-electron chi connectivity index (χ0n) is 8.87. The van der Waals surface area contributed by atoms with Crippen molar-refractivity contribution in [3.8, 4) is 0 Å². The van der Waals surface area contributed by atoms with Crippen LogP contribution in [0.25, 0.3) is 0 Å². The summed E-state index contributed by atoms with van der Waals surface area (Å²) in [4.78, 5) is 34.9. The quantitative estimate of drug-likeness (QED) is 0.322. The van der Waals surface area contributed by atoms with E-state index in [1.54, 1.807) is 5.43 Å². The van der Waals surface area contributed by atoms with Crippen molar-refractivity contribution in [2.75, 3.05) is 11.4 Å². The minimum absolute atomic E-state index is 0.146. The highest BCUT2D eigenvalue weighted by atomic mass is 19.2. The first-order chi connectivity index (χ1) is 8.45. The Balaban J connectivity index is 2.48. The van der Waals surface area contributed by atoms with Gasteiger partial charge in [-0.15, -0.1) is 0 Å². The van der Waals surface area contributed by atoms with Crippen LogP contribution in [0.15, 0.2) is 12.1 Å². The number of fused-ring (bicyclic) bond motifs is 1. The Labute approximate surface area is 99.3 Å². The van der Waals surface area contributed by atoms with Crippen molar-refractivity contribution >= 4 is 23.3 Å². The summed E-state index contributed by atoms with van der Waals surface area (Å²) in [6, 6.07) is 1.32. The second kappa shape index (κ2) is 4.15. The Bertz CT molecular complexity index is 574. The summed E-state index contributed by atoms with van der Waals surface area (Å²) < 4.78 is 26.0. The number of ketones is 1. The number of hydrogen-bond acceptors (Lipinski definition) is 4. The second-order valence-corrected chi connectivity index (χ2v) is 3.57. The van der Waals surface area contributed by atoms with E-state index in [1.807, 2.05) is 0 Å². The molecule has 0 saturated heterocycles. The van der Waals surface area contributed by atoms with E-state index in [9.17, 15) is 23.2 Å². The molecule has 1 aromatic rings. The van der Waals surface area contributed by atoms with Gasteiger partial charge >= 0.3 is 0 Å². The molecule has 1 aliphatic heterocycles. The van der Waals surface area contributed by atoms with Crippen LogP contribution in [0.4, 0.5) is 14.5 Å². The van der Waals surface area contributed by atoms with Crippen LogP contribution in [0.2, 0.25) is 0 Å². The molecule has 0 saturated carbocycles. The highest BCUT2D eigenvalue weighted by Crippen LogP contribution is 2.30. The van der Waals surface area contributed by atoms with Gasteiger partial charge in [0, 0.05) is 6.07 Å². The van der Waals surface area contributed by atoms with Gasteiger partial charge in [0.2, 0.25) is 0 Å². The number of hydrogen-bond donors (Lipinski definition) is 2. The maximum atomic E-state index is 13.1. The minimum atomic E-state index is -1.24. The molecule has 6 nitrogen and oxygen atoms in total. The third-order valence-electron chi connectivity index (χ3n) is 2.48. The number of anilines is 1. The summed E-state index contributed by atoms with van der Waals surface area (Å²) in [6.45, 7) is -0.543. The van der Waals surface area contributed by atoms with Gasteiger partial charge in [-0.1, -0.05) is 0 Å². The van der Waals surface area contributed by atoms with Crippen molar-refractivity contribution in [2.24, 2.45) is 5.84 Å². The Kier molecular flexibility index (Phi) is 2.79. The highest BCUT2D eigenvalue weighted by Gasteiger charge is 2.37. The smallest absolute Gasteiger partial charge is 0.295 e. The molecule has 18 heavy (non-hydrogen) atoms. The van der Waals surface area contributed by atoms with Crippen LogP contribution >= 0.6 is 0 Å². The maximum absolute atomic E-state index is 13.1. The zero-order chi connectivity index (χ0) is 13.4. The molecule has 0 radical (unpaired) electrons. The fourth-order valence-corrected chi connectivity index (χ4v) is 1.63. The number of benzene rings is 1. The standard InChI is InChI=1S/C10H7F2N3O3/c11-5-1-4-7(2-6(5)12)15(3-8(16)14-13)10(18)9(4)17/h1-2H,3,13H2,(H,14,16). The van der Waals surface area contributed by atoms with Crippen LogP contribution in [0.3, 0.4) is 0 Å². The zero-order valence-corrected chi connectivity index (χ0v) is 8.87. The number of Topliss-reactive ketones (excluding diaryl/α,β-unsaturated/α-hetero) is 1. The molecule has 0 spiro atoms. The first-order valence-electron chi connectivity index (χ1n) is 4.80. The molecule has 0 aromatic heterocycles. The van der Waals surface area contributed by atoms with Gasteiger partial charge in [0.1, 0.15) is 6.54 Å². The molecule has 3 N–H and O–H groups in total. The Morgan fingerprint density at radius 2 is 1.89 bits per heavy atom. The van der Waals surface area contributed by atoms with Crippen LogP contribution in [-0.4, -0.2) is 24.1 Å². The fourth-order valence-electron chi connectivity index (χ4n) is 1.63. The van der Waals surface area contributed by atoms with Gasteiger partial charge in [0.25, 0.3) is 17.6 Å². The molecule has 2 amide bonds. The highest BCUT2D eigenvalue weighted by molar-refractivity contribution is 6.52. The summed E-state index contributed by atoms with van der Waals surface area (Å²) in [5.74, 6) is -0.365. The summed E-state index contributed by atoms with van der Waals surface area (Å²) in [7, 11) is 0. The van der Waals surface area contributed by atoms with Crippen molar-refractivity contribution in [3.05, 3.63) is 29.3 Å². The van der Waals surface area contributed by atoms with E-state index in [1.165, 1.54) is 0 Å². The van der Waals surface area contributed by atoms with E-state index < -0.39 is 35.8 Å². The predicted octanol–water partition coefficient (Wildman–Crippen LogP) is -0.516. The average Bonchev–Trinajstić information content (AvgIpc) is 2.56. The third kappa shape index (κ3) is 1.72. The molecule has 0 aliphatic carbocycles. The first kappa shape index (κ1) is 12.1. The molecule has 1 aromatic carbocycles. The Hall–Kier alpha value is -2.35. The number of halogens is 2. The van der Waals surface area contributed by atoms with Gasteiger partial charge in [-0.25, -0.2) is 14.6 Å². The van der Waals surface area contributed by atoms with E-state index in [-0.39, 0.29) is 11.3 Å². The number of nitrogens with zero attached hydrogens (tertiary/aromatic N) is 1. The van der Waals surface area contributed by atoms with Crippen molar-refractivity contribution in [3.63, 3.8) is 0 Å². The topological polar surface area (TPSA) is 92.5 Å². The molecular formula is C10H7F2N3O3. The summed E-state index contributed by atoms with van der Waals surface area (Å²) in [5.41, 5.74) is 1.35. The molecule has 0 fully saturated rings. The number of amides is 2.